The van der Waals surface area contributed by atoms with Gasteiger partial charge in [0.1, 0.15) is 0 Å². The van der Waals surface area contributed by atoms with E-state index < -0.39 is 11.4 Å². The SMILES string of the molecule is COC1CC(CC(=O)O)N(C(=O)C2(c3ccccc3)CCC2)C1. The van der Waals surface area contributed by atoms with Crippen LogP contribution in [0.2, 0.25) is 0 Å². The average Bonchev–Trinajstić information content (AvgIpc) is 2.89. The van der Waals surface area contributed by atoms with Crippen molar-refractivity contribution in [1.29, 1.82) is 0 Å². The number of carboxylic acids is 1. The fourth-order valence-electron chi connectivity index (χ4n) is 3.88. The Balaban J connectivity index is 1.86. The first kappa shape index (κ1) is 16.0. The maximum absolute atomic E-state index is 13.3. The Morgan fingerprint density at radius 2 is 2.00 bits per heavy atom. The van der Waals surface area contributed by atoms with E-state index in [0.29, 0.717) is 13.0 Å². The molecule has 0 aromatic heterocycles. The molecule has 1 amide bonds. The molecular weight excluding hydrogens is 294 g/mol. The number of carbonyl (C=O) groups is 2. The molecule has 2 aliphatic rings. The van der Waals surface area contributed by atoms with Crippen molar-refractivity contribution >= 4 is 11.9 Å². The topological polar surface area (TPSA) is 66.8 Å². The highest BCUT2D eigenvalue weighted by atomic mass is 16.5. The van der Waals surface area contributed by atoms with Gasteiger partial charge >= 0.3 is 5.97 Å². The first-order valence-corrected chi connectivity index (χ1v) is 8.18. The average molecular weight is 317 g/mol. The lowest BCUT2D eigenvalue weighted by molar-refractivity contribution is -0.144. The molecule has 5 nitrogen and oxygen atoms in total. The van der Waals surface area contributed by atoms with Crippen LogP contribution in [0.3, 0.4) is 0 Å². The number of nitrogens with zero attached hydrogens (tertiary/aromatic N) is 1. The molecule has 124 valence electrons. The van der Waals surface area contributed by atoms with Crippen molar-refractivity contribution in [1.82, 2.24) is 4.90 Å². The lowest BCUT2D eigenvalue weighted by Crippen LogP contribution is -2.53. The lowest BCUT2D eigenvalue weighted by Gasteiger charge is -2.44. The quantitative estimate of drug-likeness (QED) is 0.904. The van der Waals surface area contributed by atoms with E-state index >= 15 is 0 Å². The van der Waals surface area contributed by atoms with Gasteiger partial charge in [0.25, 0.3) is 0 Å². The molecular formula is C18H23NO4. The molecule has 1 aliphatic heterocycles. The van der Waals surface area contributed by atoms with E-state index in [-0.39, 0.29) is 24.5 Å². The van der Waals surface area contributed by atoms with Crippen LogP contribution < -0.4 is 0 Å². The highest BCUT2D eigenvalue weighted by molar-refractivity contribution is 5.90. The summed E-state index contributed by atoms with van der Waals surface area (Å²) in [5, 5.41) is 9.14. The highest BCUT2D eigenvalue weighted by Gasteiger charge is 2.50. The van der Waals surface area contributed by atoms with Crippen molar-refractivity contribution in [3.8, 4) is 0 Å². The third-order valence-corrected chi connectivity index (χ3v) is 5.32. The highest BCUT2D eigenvalue weighted by Crippen LogP contribution is 2.46. The van der Waals surface area contributed by atoms with Crippen LogP contribution in [0.4, 0.5) is 0 Å². The van der Waals surface area contributed by atoms with Crippen molar-refractivity contribution in [3.05, 3.63) is 35.9 Å². The summed E-state index contributed by atoms with van der Waals surface area (Å²) in [4.78, 5) is 26.2. The number of rotatable bonds is 5. The molecule has 2 atom stereocenters. The fourth-order valence-corrected chi connectivity index (χ4v) is 3.88. The second kappa shape index (κ2) is 6.32. The van der Waals surface area contributed by atoms with Gasteiger partial charge in [0.2, 0.25) is 5.91 Å². The van der Waals surface area contributed by atoms with Gasteiger partial charge in [0.05, 0.1) is 17.9 Å². The molecule has 1 saturated carbocycles. The van der Waals surface area contributed by atoms with Gasteiger partial charge in [-0.1, -0.05) is 36.8 Å². The number of amides is 1. The molecule has 1 saturated heterocycles. The van der Waals surface area contributed by atoms with Gasteiger partial charge in [0, 0.05) is 19.7 Å². The number of ether oxygens (including phenoxy) is 1. The number of carbonyl (C=O) groups excluding carboxylic acids is 1. The molecule has 0 spiro atoms. The van der Waals surface area contributed by atoms with E-state index in [4.69, 9.17) is 9.84 Å². The second-order valence-electron chi connectivity index (χ2n) is 6.60. The molecule has 1 aliphatic carbocycles. The third kappa shape index (κ3) is 2.85. The summed E-state index contributed by atoms with van der Waals surface area (Å²) >= 11 is 0. The van der Waals surface area contributed by atoms with Crippen LogP contribution in [-0.4, -0.2) is 47.7 Å². The number of benzene rings is 1. The van der Waals surface area contributed by atoms with Crippen LogP contribution in [0, 0.1) is 0 Å². The van der Waals surface area contributed by atoms with Crippen LogP contribution in [0.25, 0.3) is 0 Å². The van der Waals surface area contributed by atoms with Gasteiger partial charge in [-0.05, 0) is 24.8 Å². The molecule has 0 bridgehead atoms. The maximum atomic E-state index is 13.3. The Bertz CT molecular complexity index is 582. The Hall–Kier alpha value is -1.88. The number of methoxy groups -OCH3 is 1. The van der Waals surface area contributed by atoms with Gasteiger partial charge < -0.3 is 14.7 Å². The van der Waals surface area contributed by atoms with Gasteiger partial charge in [-0.3, -0.25) is 9.59 Å². The number of carboxylic acid groups (broad SMARTS) is 1. The van der Waals surface area contributed by atoms with Crippen molar-refractivity contribution in [2.24, 2.45) is 0 Å². The minimum atomic E-state index is -0.869. The summed E-state index contributed by atoms with van der Waals surface area (Å²) < 4.78 is 5.39. The van der Waals surface area contributed by atoms with Crippen molar-refractivity contribution in [2.75, 3.05) is 13.7 Å². The van der Waals surface area contributed by atoms with Gasteiger partial charge in [-0.15, -0.1) is 0 Å². The smallest absolute Gasteiger partial charge is 0.305 e. The summed E-state index contributed by atoms with van der Waals surface area (Å²) in [6.45, 7) is 0.488. The van der Waals surface area contributed by atoms with E-state index in [0.717, 1.165) is 24.8 Å². The van der Waals surface area contributed by atoms with E-state index in [2.05, 4.69) is 0 Å². The molecule has 3 rings (SSSR count). The van der Waals surface area contributed by atoms with Crippen LogP contribution in [0.15, 0.2) is 30.3 Å². The van der Waals surface area contributed by atoms with E-state index in [1.54, 1.807) is 12.0 Å². The predicted molar refractivity (Wildman–Crippen MR) is 85.1 cm³/mol. The Morgan fingerprint density at radius 3 is 2.52 bits per heavy atom. The van der Waals surface area contributed by atoms with Crippen LogP contribution in [0.1, 0.15) is 37.7 Å². The third-order valence-electron chi connectivity index (χ3n) is 5.32. The van der Waals surface area contributed by atoms with Crippen LogP contribution >= 0.6 is 0 Å². The minimum Gasteiger partial charge on any atom is -0.481 e. The molecule has 1 aromatic rings. The molecule has 1 heterocycles. The van der Waals surface area contributed by atoms with E-state index in [9.17, 15) is 9.59 Å². The molecule has 23 heavy (non-hydrogen) atoms. The maximum Gasteiger partial charge on any atom is 0.305 e. The first-order chi connectivity index (χ1) is 11.1. The van der Waals surface area contributed by atoms with Crippen LogP contribution in [-0.2, 0) is 19.7 Å². The Kier molecular flexibility index (Phi) is 4.39. The monoisotopic (exact) mass is 317 g/mol. The standard InChI is InChI=1S/C18H23NO4/c1-23-15-10-14(11-16(20)21)19(12-15)17(22)18(8-5-9-18)13-6-3-2-4-7-13/h2-4,6-7,14-15H,5,8-12H2,1H3,(H,20,21). The number of aliphatic carboxylic acids is 1. The lowest BCUT2D eigenvalue weighted by atomic mass is 9.63. The summed E-state index contributed by atoms with van der Waals surface area (Å²) in [6.07, 6.45) is 3.21. The summed E-state index contributed by atoms with van der Waals surface area (Å²) in [5.41, 5.74) is 0.576. The zero-order valence-corrected chi connectivity index (χ0v) is 13.4. The van der Waals surface area contributed by atoms with Gasteiger partial charge in [-0.2, -0.15) is 0 Å². The summed E-state index contributed by atoms with van der Waals surface area (Å²) in [5.74, 6) is -0.798. The van der Waals surface area contributed by atoms with Crippen LogP contribution in [0.5, 0.6) is 0 Å². The number of hydrogen-bond donors (Lipinski definition) is 1. The fraction of sp³-hybridized carbons (Fsp3) is 0.556. The predicted octanol–water partition coefficient (Wildman–Crippen LogP) is 2.20. The van der Waals surface area contributed by atoms with Crippen molar-refractivity contribution in [3.63, 3.8) is 0 Å². The summed E-state index contributed by atoms with van der Waals surface area (Å²) in [7, 11) is 1.62. The molecule has 2 unspecified atom stereocenters. The molecule has 5 heteroatoms. The molecule has 1 aromatic carbocycles. The minimum absolute atomic E-state index is 0.0174. The van der Waals surface area contributed by atoms with E-state index in [1.807, 2.05) is 30.3 Å². The largest absolute Gasteiger partial charge is 0.481 e. The first-order valence-electron chi connectivity index (χ1n) is 8.18. The zero-order valence-electron chi connectivity index (χ0n) is 13.4. The van der Waals surface area contributed by atoms with Gasteiger partial charge in [0.15, 0.2) is 0 Å². The van der Waals surface area contributed by atoms with Crippen molar-refractivity contribution in [2.45, 2.75) is 49.7 Å². The normalized spacial score (nSPS) is 25.9. The zero-order chi connectivity index (χ0) is 16.4. The van der Waals surface area contributed by atoms with E-state index in [1.165, 1.54) is 0 Å². The molecule has 2 fully saturated rings. The summed E-state index contributed by atoms with van der Waals surface area (Å²) in [6, 6.07) is 9.61. The number of likely N-dealkylation sites (tertiary alicyclic amines) is 1. The Labute approximate surface area is 136 Å². The van der Waals surface area contributed by atoms with Crippen molar-refractivity contribution < 1.29 is 19.4 Å². The molecule has 0 radical (unpaired) electrons. The van der Waals surface area contributed by atoms with Gasteiger partial charge in [-0.25, -0.2) is 0 Å². The Morgan fingerprint density at radius 1 is 1.30 bits per heavy atom. The second-order valence-corrected chi connectivity index (χ2v) is 6.60. The molecule has 1 N–H and O–H groups in total. The number of hydrogen-bond acceptors (Lipinski definition) is 3.